The normalized spacial score (nSPS) is 27.1. The largest absolute Gasteiger partial charge is 0.392 e. The van der Waals surface area contributed by atoms with Gasteiger partial charge < -0.3 is 15.3 Å². The lowest BCUT2D eigenvalue weighted by molar-refractivity contribution is -0.135. The van der Waals surface area contributed by atoms with Gasteiger partial charge in [-0.3, -0.25) is 9.69 Å². The average molecular weight is 328 g/mol. The highest BCUT2D eigenvalue weighted by Gasteiger charge is 2.32. The third kappa shape index (κ3) is 5.37. The van der Waals surface area contributed by atoms with Gasteiger partial charge in [-0.15, -0.1) is 24.8 Å². The molecule has 7 heteroatoms. The molecule has 0 aromatic heterocycles. The van der Waals surface area contributed by atoms with Crippen LogP contribution in [0.4, 0.5) is 0 Å². The lowest BCUT2D eigenvalue weighted by Crippen LogP contribution is -2.53. The monoisotopic (exact) mass is 327 g/mol. The Bertz CT molecular complexity index is 297. The van der Waals surface area contributed by atoms with Crippen LogP contribution in [-0.2, 0) is 4.79 Å². The molecule has 0 bridgehead atoms. The molecule has 2 fully saturated rings. The first-order valence-corrected chi connectivity index (χ1v) is 6.99. The molecule has 0 aliphatic carbocycles. The van der Waals surface area contributed by atoms with Gasteiger partial charge in [0.05, 0.1) is 12.1 Å². The molecule has 2 atom stereocenters. The van der Waals surface area contributed by atoms with Crippen LogP contribution in [0.15, 0.2) is 0 Å². The summed E-state index contributed by atoms with van der Waals surface area (Å²) < 4.78 is 0. The lowest BCUT2D eigenvalue weighted by Gasteiger charge is -2.36. The van der Waals surface area contributed by atoms with E-state index < -0.39 is 0 Å². The SMILES string of the molecule is CC(C)CN1CCN(C(=O)C2CC(O)CN2)CC1.Cl.Cl. The predicted octanol–water partition coefficient (Wildman–Crippen LogP) is 0.353. The quantitative estimate of drug-likeness (QED) is 0.785. The molecule has 0 radical (unpaired) electrons. The second kappa shape index (κ2) is 9.05. The number of β-amino-alcohol motifs (C(OH)–C–C–N with tert-alkyl or cyclic N) is 1. The van der Waals surface area contributed by atoms with Gasteiger partial charge in [-0.1, -0.05) is 13.8 Å². The van der Waals surface area contributed by atoms with E-state index in [1.165, 1.54) is 0 Å². The standard InChI is InChI=1S/C13H25N3O2.2ClH/c1-10(2)9-15-3-5-16(6-4-15)13(18)12-7-11(17)8-14-12;;/h10-12,14,17H,3-9H2,1-2H3;2*1H. The van der Waals surface area contributed by atoms with Crippen molar-refractivity contribution in [1.82, 2.24) is 15.1 Å². The van der Waals surface area contributed by atoms with Crippen molar-refractivity contribution in [2.45, 2.75) is 32.4 Å². The summed E-state index contributed by atoms with van der Waals surface area (Å²) in [6, 6.07) is -0.170. The molecular weight excluding hydrogens is 301 g/mol. The minimum Gasteiger partial charge on any atom is -0.392 e. The highest BCUT2D eigenvalue weighted by atomic mass is 35.5. The van der Waals surface area contributed by atoms with E-state index in [4.69, 9.17) is 0 Å². The van der Waals surface area contributed by atoms with E-state index in [1.807, 2.05) is 4.90 Å². The highest BCUT2D eigenvalue weighted by Crippen LogP contribution is 2.12. The topological polar surface area (TPSA) is 55.8 Å². The van der Waals surface area contributed by atoms with Crippen LogP contribution in [0.2, 0.25) is 0 Å². The van der Waals surface area contributed by atoms with Crippen LogP contribution in [-0.4, -0.2) is 72.2 Å². The molecule has 0 aromatic rings. The first-order valence-electron chi connectivity index (χ1n) is 6.99. The van der Waals surface area contributed by atoms with Gasteiger partial charge in [0.15, 0.2) is 0 Å². The zero-order valence-electron chi connectivity index (χ0n) is 12.2. The Labute approximate surface area is 133 Å². The molecule has 1 amide bonds. The van der Waals surface area contributed by atoms with Gasteiger partial charge in [0.1, 0.15) is 0 Å². The number of halogens is 2. The summed E-state index contributed by atoms with van der Waals surface area (Å²) in [5.74, 6) is 0.842. The maximum Gasteiger partial charge on any atom is 0.239 e. The number of aliphatic hydroxyl groups excluding tert-OH is 1. The summed E-state index contributed by atoms with van der Waals surface area (Å²) >= 11 is 0. The number of hydrogen-bond acceptors (Lipinski definition) is 4. The molecule has 2 N–H and O–H groups in total. The molecule has 2 aliphatic rings. The average Bonchev–Trinajstić information content (AvgIpc) is 2.75. The number of piperazine rings is 1. The fourth-order valence-electron chi connectivity index (χ4n) is 2.79. The van der Waals surface area contributed by atoms with Crippen LogP contribution in [0.25, 0.3) is 0 Å². The number of aliphatic hydroxyl groups is 1. The molecule has 20 heavy (non-hydrogen) atoms. The molecule has 2 heterocycles. The number of rotatable bonds is 3. The maximum atomic E-state index is 12.2. The van der Waals surface area contributed by atoms with Crippen molar-refractivity contribution >= 4 is 30.7 Å². The van der Waals surface area contributed by atoms with Gasteiger partial charge in [-0.05, 0) is 12.3 Å². The van der Waals surface area contributed by atoms with Crippen LogP contribution >= 0.6 is 24.8 Å². The summed E-state index contributed by atoms with van der Waals surface area (Å²) in [6.07, 6.45) is 0.201. The molecule has 2 rings (SSSR count). The van der Waals surface area contributed by atoms with Crippen molar-refractivity contribution < 1.29 is 9.90 Å². The van der Waals surface area contributed by atoms with Gasteiger partial charge in [0, 0.05) is 39.3 Å². The predicted molar refractivity (Wildman–Crippen MR) is 84.8 cm³/mol. The van der Waals surface area contributed by atoms with Crippen LogP contribution in [0.5, 0.6) is 0 Å². The Morgan fingerprint density at radius 2 is 1.85 bits per heavy atom. The molecule has 0 saturated carbocycles. The van der Waals surface area contributed by atoms with Gasteiger partial charge >= 0.3 is 0 Å². The Kier molecular flexibility index (Phi) is 9.02. The molecule has 0 spiro atoms. The zero-order chi connectivity index (χ0) is 13.1. The minimum atomic E-state index is -0.360. The van der Waals surface area contributed by atoms with Gasteiger partial charge in [0.25, 0.3) is 0 Å². The van der Waals surface area contributed by atoms with E-state index in [0.717, 1.165) is 32.7 Å². The van der Waals surface area contributed by atoms with Crippen LogP contribution in [0, 0.1) is 5.92 Å². The summed E-state index contributed by atoms with van der Waals surface area (Å²) in [4.78, 5) is 16.6. The summed E-state index contributed by atoms with van der Waals surface area (Å²) in [5, 5.41) is 12.5. The highest BCUT2D eigenvalue weighted by molar-refractivity contribution is 5.85. The van der Waals surface area contributed by atoms with E-state index in [9.17, 15) is 9.90 Å². The number of carbonyl (C=O) groups excluding carboxylic acids is 1. The van der Waals surface area contributed by atoms with Gasteiger partial charge in [-0.25, -0.2) is 0 Å². The van der Waals surface area contributed by atoms with E-state index in [2.05, 4.69) is 24.1 Å². The van der Waals surface area contributed by atoms with Gasteiger partial charge in [0.2, 0.25) is 5.91 Å². The number of nitrogens with zero attached hydrogens (tertiary/aromatic N) is 2. The molecule has 0 aromatic carbocycles. The molecule has 120 valence electrons. The Morgan fingerprint density at radius 1 is 1.25 bits per heavy atom. The van der Waals surface area contributed by atoms with E-state index in [1.54, 1.807) is 0 Å². The third-order valence-corrected chi connectivity index (χ3v) is 3.71. The van der Waals surface area contributed by atoms with E-state index >= 15 is 0 Å². The van der Waals surface area contributed by atoms with Crippen molar-refractivity contribution in [2.75, 3.05) is 39.3 Å². The second-order valence-electron chi connectivity index (χ2n) is 5.87. The van der Waals surface area contributed by atoms with Crippen LogP contribution < -0.4 is 5.32 Å². The third-order valence-electron chi connectivity index (χ3n) is 3.71. The number of nitrogens with one attached hydrogen (secondary N) is 1. The van der Waals surface area contributed by atoms with Crippen molar-refractivity contribution in [1.29, 1.82) is 0 Å². The Morgan fingerprint density at radius 3 is 2.30 bits per heavy atom. The number of hydrogen-bond donors (Lipinski definition) is 2. The second-order valence-corrected chi connectivity index (χ2v) is 5.87. The van der Waals surface area contributed by atoms with Crippen LogP contribution in [0.1, 0.15) is 20.3 Å². The van der Waals surface area contributed by atoms with E-state index in [0.29, 0.717) is 18.9 Å². The van der Waals surface area contributed by atoms with Gasteiger partial charge in [-0.2, -0.15) is 0 Å². The molecule has 5 nitrogen and oxygen atoms in total. The Balaban J connectivity index is 0.00000180. The first-order chi connectivity index (χ1) is 8.56. The first kappa shape index (κ1) is 19.9. The maximum absolute atomic E-state index is 12.2. The summed E-state index contributed by atoms with van der Waals surface area (Å²) in [5.41, 5.74) is 0. The lowest BCUT2D eigenvalue weighted by atomic mass is 10.1. The molecular formula is C13H27Cl2N3O2. The molecule has 2 saturated heterocycles. The van der Waals surface area contributed by atoms with Crippen LogP contribution in [0.3, 0.4) is 0 Å². The summed E-state index contributed by atoms with van der Waals surface area (Å²) in [6.45, 7) is 9.69. The molecule has 2 unspecified atom stereocenters. The van der Waals surface area contributed by atoms with Crippen molar-refractivity contribution in [3.05, 3.63) is 0 Å². The fraction of sp³-hybridized carbons (Fsp3) is 0.923. The summed E-state index contributed by atoms with van der Waals surface area (Å²) in [7, 11) is 0. The molecule has 2 aliphatic heterocycles. The fourth-order valence-corrected chi connectivity index (χ4v) is 2.79. The van der Waals surface area contributed by atoms with Crippen molar-refractivity contribution in [3.8, 4) is 0 Å². The Hall–Kier alpha value is -0.0700. The zero-order valence-corrected chi connectivity index (χ0v) is 13.9. The smallest absolute Gasteiger partial charge is 0.239 e. The van der Waals surface area contributed by atoms with Crippen molar-refractivity contribution in [3.63, 3.8) is 0 Å². The number of amides is 1. The van der Waals surface area contributed by atoms with E-state index in [-0.39, 0.29) is 42.9 Å². The van der Waals surface area contributed by atoms with Crippen molar-refractivity contribution in [2.24, 2.45) is 5.92 Å². The number of carbonyl (C=O) groups is 1. The minimum absolute atomic E-state index is 0.